The molecule has 0 heterocycles. The van der Waals surface area contributed by atoms with E-state index in [1.165, 1.54) is 17.0 Å². The number of nitrogens with one attached hydrogen (secondary N) is 1. The van der Waals surface area contributed by atoms with Gasteiger partial charge in [0.2, 0.25) is 21.8 Å². The lowest BCUT2D eigenvalue weighted by atomic mass is 10.1. The molecule has 0 saturated carbocycles. The Bertz CT molecular complexity index is 1100. The number of halogens is 1. The van der Waals surface area contributed by atoms with E-state index < -0.39 is 34.3 Å². The van der Waals surface area contributed by atoms with Crippen molar-refractivity contribution in [2.45, 2.75) is 59.7 Å². The van der Waals surface area contributed by atoms with Gasteiger partial charge >= 0.3 is 0 Å². The fraction of sp³-hybridized carbons (Fsp3) is 0.440. The Balaban J connectivity index is 2.49. The molecule has 2 amide bonds. The topological polar surface area (TPSA) is 86.8 Å². The van der Waals surface area contributed by atoms with Crippen molar-refractivity contribution >= 4 is 27.5 Å². The van der Waals surface area contributed by atoms with E-state index in [4.69, 9.17) is 0 Å². The highest BCUT2D eigenvalue weighted by Gasteiger charge is 2.32. The summed E-state index contributed by atoms with van der Waals surface area (Å²) in [5.41, 5.74) is 2.50. The lowest BCUT2D eigenvalue weighted by Gasteiger charge is -2.33. The molecule has 0 aliphatic heterocycles. The van der Waals surface area contributed by atoms with Crippen LogP contribution in [0.2, 0.25) is 0 Å². The van der Waals surface area contributed by atoms with Crippen LogP contribution in [0, 0.1) is 19.7 Å². The number of hydrogen-bond acceptors (Lipinski definition) is 4. The van der Waals surface area contributed by atoms with Crippen molar-refractivity contribution in [3.63, 3.8) is 0 Å². The largest absolute Gasteiger partial charge is 0.352 e. The summed E-state index contributed by atoms with van der Waals surface area (Å²) in [6.07, 6.45) is 1.38. The molecule has 1 N–H and O–H groups in total. The minimum Gasteiger partial charge on any atom is -0.352 e. The van der Waals surface area contributed by atoms with E-state index >= 15 is 0 Å². The molecule has 0 fully saturated rings. The van der Waals surface area contributed by atoms with Gasteiger partial charge in [-0.2, -0.15) is 0 Å². The van der Waals surface area contributed by atoms with Crippen LogP contribution in [0.15, 0.2) is 42.5 Å². The maximum absolute atomic E-state index is 13.6. The molecule has 1 unspecified atom stereocenters. The molecule has 0 spiro atoms. The highest BCUT2D eigenvalue weighted by Crippen LogP contribution is 2.27. The van der Waals surface area contributed by atoms with Gasteiger partial charge in [0.15, 0.2) is 0 Å². The SMILES string of the molecule is CCC(C(=O)NC(C)C)N(Cc1ccc(F)cc1)C(=O)CN(c1c(C)cccc1C)S(C)(=O)=O. The molecular formula is C25H34FN3O4S. The Hall–Kier alpha value is -2.94. The molecule has 7 nitrogen and oxygen atoms in total. The zero-order valence-corrected chi connectivity index (χ0v) is 21.4. The number of nitrogens with zero attached hydrogens (tertiary/aromatic N) is 2. The molecule has 186 valence electrons. The molecule has 0 bridgehead atoms. The van der Waals surface area contributed by atoms with E-state index in [9.17, 15) is 22.4 Å². The van der Waals surface area contributed by atoms with E-state index in [1.807, 2.05) is 19.9 Å². The summed E-state index contributed by atoms with van der Waals surface area (Å²) in [5, 5.41) is 2.83. The van der Waals surface area contributed by atoms with Gasteiger partial charge in [-0.1, -0.05) is 37.3 Å². The van der Waals surface area contributed by atoms with Crippen molar-refractivity contribution in [1.29, 1.82) is 0 Å². The summed E-state index contributed by atoms with van der Waals surface area (Å²) in [6, 6.07) is 10.1. The molecule has 2 aromatic rings. The van der Waals surface area contributed by atoms with Crippen molar-refractivity contribution in [2.24, 2.45) is 0 Å². The molecule has 0 radical (unpaired) electrons. The van der Waals surface area contributed by atoms with Crippen LogP contribution in [0.3, 0.4) is 0 Å². The van der Waals surface area contributed by atoms with Crippen LogP contribution in [-0.2, 0) is 26.2 Å². The number of hydrogen-bond donors (Lipinski definition) is 1. The average molecular weight is 492 g/mol. The summed E-state index contributed by atoms with van der Waals surface area (Å²) >= 11 is 0. The van der Waals surface area contributed by atoms with Gasteiger partial charge in [-0.3, -0.25) is 13.9 Å². The van der Waals surface area contributed by atoms with E-state index in [0.29, 0.717) is 28.8 Å². The molecule has 2 aromatic carbocycles. The lowest BCUT2D eigenvalue weighted by Crippen LogP contribution is -2.53. The van der Waals surface area contributed by atoms with Gasteiger partial charge in [0.25, 0.3) is 0 Å². The maximum Gasteiger partial charge on any atom is 0.244 e. The maximum atomic E-state index is 13.6. The summed E-state index contributed by atoms with van der Waals surface area (Å²) in [4.78, 5) is 27.9. The van der Waals surface area contributed by atoms with Crippen molar-refractivity contribution < 1.29 is 22.4 Å². The van der Waals surface area contributed by atoms with Crippen LogP contribution in [0.5, 0.6) is 0 Å². The van der Waals surface area contributed by atoms with Crippen LogP contribution in [0.1, 0.15) is 43.9 Å². The zero-order valence-electron chi connectivity index (χ0n) is 20.6. The second-order valence-corrected chi connectivity index (χ2v) is 10.7. The van der Waals surface area contributed by atoms with Gasteiger partial charge in [0.05, 0.1) is 11.9 Å². The Morgan fingerprint density at radius 3 is 2.06 bits per heavy atom. The number of aryl methyl sites for hydroxylation is 2. The van der Waals surface area contributed by atoms with E-state index in [-0.39, 0.29) is 18.5 Å². The first-order chi connectivity index (χ1) is 15.8. The van der Waals surface area contributed by atoms with Crippen LogP contribution in [-0.4, -0.2) is 50.0 Å². The second-order valence-electron chi connectivity index (χ2n) is 8.75. The van der Waals surface area contributed by atoms with E-state index in [2.05, 4.69) is 5.32 Å². The van der Waals surface area contributed by atoms with Gasteiger partial charge < -0.3 is 10.2 Å². The van der Waals surface area contributed by atoms with Crippen LogP contribution in [0.25, 0.3) is 0 Å². The van der Waals surface area contributed by atoms with Gasteiger partial charge in [-0.25, -0.2) is 12.8 Å². The van der Waals surface area contributed by atoms with E-state index in [1.54, 1.807) is 45.0 Å². The fourth-order valence-corrected chi connectivity index (χ4v) is 4.83. The fourth-order valence-electron chi connectivity index (χ4n) is 3.86. The Morgan fingerprint density at radius 2 is 1.59 bits per heavy atom. The minimum atomic E-state index is -3.81. The monoisotopic (exact) mass is 491 g/mol. The third kappa shape index (κ3) is 7.03. The zero-order chi connectivity index (χ0) is 25.6. The van der Waals surface area contributed by atoms with Gasteiger partial charge in [-0.15, -0.1) is 0 Å². The summed E-state index contributed by atoms with van der Waals surface area (Å²) < 4.78 is 40.0. The van der Waals surface area contributed by atoms with Gasteiger partial charge in [0.1, 0.15) is 18.4 Å². The summed E-state index contributed by atoms with van der Waals surface area (Å²) in [5.74, 6) is -1.27. The number of amides is 2. The first kappa shape index (κ1) is 27.3. The predicted octanol–water partition coefficient (Wildman–Crippen LogP) is 3.54. The molecule has 0 aromatic heterocycles. The minimum absolute atomic E-state index is 0.0352. The first-order valence-electron chi connectivity index (χ1n) is 11.2. The number of sulfonamides is 1. The van der Waals surface area contributed by atoms with Crippen LogP contribution in [0.4, 0.5) is 10.1 Å². The number of rotatable bonds is 10. The average Bonchev–Trinajstić information content (AvgIpc) is 2.72. The number of anilines is 1. The Labute approximate surface area is 202 Å². The number of carbonyl (C=O) groups is 2. The van der Waals surface area contributed by atoms with Crippen LogP contribution < -0.4 is 9.62 Å². The highest BCUT2D eigenvalue weighted by molar-refractivity contribution is 7.92. The molecule has 0 saturated heterocycles. The number of para-hydroxylation sites is 1. The van der Waals surface area contributed by atoms with Gasteiger partial charge in [0, 0.05) is 12.6 Å². The standard InChI is InChI=1S/C25H34FN3O4S/c1-7-22(25(31)27-17(2)3)28(15-20-11-13-21(26)14-12-20)23(30)16-29(34(6,32)33)24-18(4)9-8-10-19(24)5/h8-14,17,22H,7,15-16H2,1-6H3,(H,27,31). The molecule has 1 atom stereocenters. The molecular weight excluding hydrogens is 457 g/mol. The highest BCUT2D eigenvalue weighted by atomic mass is 32.2. The molecule has 0 aliphatic carbocycles. The molecule has 34 heavy (non-hydrogen) atoms. The van der Waals surface area contributed by atoms with Crippen molar-refractivity contribution in [2.75, 3.05) is 17.1 Å². The van der Waals surface area contributed by atoms with Crippen molar-refractivity contribution in [1.82, 2.24) is 10.2 Å². The molecule has 0 aliphatic rings. The third-order valence-corrected chi connectivity index (χ3v) is 6.56. The number of benzene rings is 2. The number of carbonyl (C=O) groups excluding carboxylic acids is 2. The molecule has 9 heteroatoms. The van der Waals surface area contributed by atoms with Crippen molar-refractivity contribution in [3.8, 4) is 0 Å². The third-order valence-electron chi connectivity index (χ3n) is 5.45. The first-order valence-corrected chi connectivity index (χ1v) is 13.1. The smallest absolute Gasteiger partial charge is 0.244 e. The summed E-state index contributed by atoms with van der Waals surface area (Å²) in [7, 11) is -3.81. The Morgan fingerprint density at radius 1 is 1.03 bits per heavy atom. The van der Waals surface area contributed by atoms with Crippen molar-refractivity contribution in [3.05, 3.63) is 65.0 Å². The summed E-state index contributed by atoms with van der Waals surface area (Å²) in [6.45, 7) is 8.57. The second kappa shape index (κ2) is 11.5. The molecule has 2 rings (SSSR count). The quantitative estimate of drug-likeness (QED) is 0.551. The van der Waals surface area contributed by atoms with Crippen LogP contribution >= 0.6 is 0 Å². The van der Waals surface area contributed by atoms with Gasteiger partial charge in [-0.05, 0) is 62.9 Å². The lowest BCUT2D eigenvalue weighted by molar-refractivity contribution is -0.140. The Kier molecular flexibility index (Phi) is 9.21. The normalized spacial score (nSPS) is 12.4. The van der Waals surface area contributed by atoms with E-state index in [0.717, 1.165) is 10.6 Å². The predicted molar refractivity (Wildman–Crippen MR) is 132 cm³/mol.